The van der Waals surface area contributed by atoms with Crippen LogP contribution < -0.4 is 5.56 Å². The molecule has 3 heterocycles. The zero-order valence-electron chi connectivity index (χ0n) is 16.9. The van der Waals surface area contributed by atoms with Crippen LogP contribution in [0.2, 0.25) is 0 Å². The van der Waals surface area contributed by atoms with Crippen molar-refractivity contribution in [2.75, 3.05) is 6.61 Å². The number of hydrogen-bond acceptors (Lipinski definition) is 6. The van der Waals surface area contributed by atoms with Gasteiger partial charge in [0.25, 0.3) is 5.56 Å². The summed E-state index contributed by atoms with van der Waals surface area (Å²) in [5.74, 6) is -0.913. The van der Waals surface area contributed by atoms with Crippen LogP contribution in [-0.4, -0.2) is 32.5 Å². The average Bonchev–Trinajstić information content (AvgIpc) is 2.95. The zero-order valence-corrected chi connectivity index (χ0v) is 16.9. The van der Waals surface area contributed by atoms with Crippen molar-refractivity contribution in [3.8, 4) is 0 Å². The highest BCUT2D eigenvalue weighted by Gasteiger charge is 2.18. The fourth-order valence-corrected chi connectivity index (χ4v) is 3.12. The summed E-state index contributed by atoms with van der Waals surface area (Å²) in [6, 6.07) is 6.64. The second-order valence-corrected chi connectivity index (χ2v) is 6.77. The van der Waals surface area contributed by atoms with Gasteiger partial charge in [-0.3, -0.25) is 14.0 Å². The number of aromatic nitrogens is 3. The van der Waals surface area contributed by atoms with Crippen LogP contribution in [0.3, 0.4) is 0 Å². The van der Waals surface area contributed by atoms with Gasteiger partial charge in [0, 0.05) is 23.7 Å². The molecule has 0 N–H and O–H groups in total. The van der Waals surface area contributed by atoms with Crippen molar-refractivity contribution in [2.24, 2.45) is 0 Å². The quantitative estimate of drug-likeness (QED) is 0.593. The predicted octanol–water partition coefficient (Wildman–Crippen LogP) is 2.34. The van der Waals surface area contributed by atoms with Gasteiger partial charge in [0.1, 0.15) is 18.8 Å². The maximum Gasteiger partial charge on any atom is 0.339 e. The molecule has 0 aliphatic rings. The highest BCUT2D eigenvalue weighted by atomic mass is 16.5. The number of hydrogen-bond donors (Lipinski definition) is 0. The van der Waals surface area contributed by atoms with E-state index in [-0.39, 0.29) is 25.3 Å². The lowest BCUT2D eigenvalue weighted by molar-refractivity contribution is -0.145. The molecule has 0 atom stereocenters. The van der Waals surface area contributed by atoms with Gasteiger partial charge in [-0.15, -0.1) is 0 Å². The first kappa shape index (κ1) is 20.3. The Balaban J connectivity index is 1.71. The molecule has 3 aromatic rings. The molecule has 0 aromatic carbocycles. The molecule has 0 aliphatic carbocycles. The van der Waals surface area contributed by atoms with Gasteiger partial charge < -0.3 is 14.0 Å². The summed E-state index contributed by atoms with van der Waals surface area (Å²) in [7, 11) is 0. The highest BCUT2D eigenvalue weighted by Crippen LogP contribution is 2.16. The maximum atomic E-state index is 12.3. The Bertz CT molecular complexity index is 1140. The molecule has 0 saturated carbocycles. The molecule has 3 rings (SSSR count). The lowest BCUT2D eigenvalue weighted by Gasteiger charge is -2.10. The van der Waals surface area contributed by atoms with Crippen LogP contribution in [0.5, 0.6) is 0 Å². The fourth-order valence-electron chi connectivity index (χ4n) is 3.12. The lowest BCUT2D eigenvalue weighted by Crippen LogP contribution is -2.19. The lowest BCUT2D eigenvalue weighted by atomic mass is 10.2. The van der Waals surface area contributed by atoms with Crippen LogP contribution in [0.25, 0.3) is 5.65 Å². The van der Waals surface area contributed by atoms with E-state index in [9.17, 15) is 14.4 Å². The van der Waals surface area contributed by atoms with Crippen molar-refractivity contribution in [1.82, 2.24) is 14.0 Å². The molecule has 0 radical (unpaired) electrons. The molecule has 0 aliphatic heterocycles. The summed E-state index contributed by atoms with van der Waals surface area (Å²) in [6.07, 6.45) is 1.71. The molecule has 0 unspecified atom stereocenters. The van der Waals surface area contributed by atoms with Crippen molar-refractivity contribution >= 4 is 17.6 Å². The Morgan fingerprint density at radius 2 is 1.86 bits per heavy atom. The molecular weight excluding hydrogens is 374 g/mol. The third kappa shape index (κ3) is 4.37. The third-order valence-corrected chi connectivity index (χ3v) is 4.60. The summed E-state index contributed by atoms with van der Waals surface area (Å²) in [4.78, 5) is 40.9. The largest absolute Gasteiger partial charge is 0.462 e. The number of ether oxygens (including phenoxy) is 2. The van der Waals surface area contributed by atoms with E-state index in [1.54, 1.807) is 43.7 Å². The Labute approximate surface area is 167 Å². The molecule has 8 nitrogen and oxygen atoms in total. The number of fused-ring (bicyclic) bond motifs is 1. The van der Waals surface area contributed by atoms with Crippen LogP contribution >= 0.6 is 0 Å². The fraction of sp³-hybridized carbons (Fsp3) is 0.333. The standard InChI is InChI=1S/C21H23N3O5/c1-5-28-21(27)17-8-14(3)23(15(17)4)11-20(26)29-12-16-9-19(25)24-10-13(2)6-7-18(24)22-16/h6-10H,5,11-12H2,1-4H3. The van der Waals surface area contributed by atoms with Gasteiger partial charge in [0.05, 0.1) is 17.9 Å². The Hall–Kier alpha value is -3.42. The second-order valence-electron chi connectivity index (χ2n) is 6.77. The molecule has 0 saturated heterocycles. The zero-order chi connectivity index (χ0) is 21.1. The maximum absolute atomic E-state index is 12.3. The van der Waals surface area contributed by atoms with Gasteiger partial charge in [-0.05, 0) is 45.4 Å². The third-order valence-electron chi connectivity index (χ3n) is 4.60. The minimum Gasteiger partial charge on any atom is -0.462 e. The summed E-state index contributed by atoms with van der Waals surface area (Å²) in [5.41, 5.74) is 3.39. The number of esters is 2. The topological polar surface area (TPSA) is 91.9 Å². The minimum atomic E-state index is -0.492. The van der Waals surface area contributed by atoms with Crippen LogP contribution in [0.1, 0.15) is 39.9 Å². The van der Waals surface area contributed by atoms with Gasteiger partial charge >= 0.3 is 11.9 Å². The molecule has 29 heavy (non-hydrogen) atoms. The summed E-state index contributed by atoms with van der Waals surface area (Å²) < 4.78 is 13.5. The van der Waals surface area contributed by atoms with E-state index in [0.717, 1.165) is 11.3 Å². The summed E-state index contributed by atoms with van der Waals surface area (Å²) >= 11 is 0. The van der Waals surface area contributed by atoms with E-state index in [4.69, 9.17) is 9.47 Å². The SMILES string of the molecule is CCOC(=O)c1cc(C)n(CC(=O)OCc2cc(=O)n3cc(C)ccc3n2)c1C. The molecule has 0 spiro atoms. The van der Waals surface area contributed by atoms with Crippen molar-refractivity contribution in [3.63, 3.8) is 0 Å². The molecular formula is C21H23N3O5. The summed E-state index contributed by atoms with van der Waals surface area (Å²) in [6.45, 7) is 7.30. The first-order valence-electron chi connectivity index (χ1n) is 9.28. The van der Waals surface area contributed by atoms with E-state index in [1.165, 1.54) is 10.5 Å². The minimum absolute atomic E-state index is 0.0527. The average molecular weight is 397 g/mol. The molecule has 152 valence electrons. The number of carbonyl (C=O) groups is 2. The number of nitrogens with zero attached hydrogens (tertiary/aromatic N) is 3. The van der Waals surface area contributed by atoms with Gasteiger partial charge in [0.2, 0.25) is 0 Å². The number of rotatable bonds is 6. The smallest absolute Gasteiger partial charge is 0.339 e. The first-order valence-corrected chi connectivity index (χ1v) is 9.28. The predicted molar refractivity (Wildman–Crippen MR) is 106 cm³/mol. The van der Waals surface area contributed by atoms with Gasteiger partial charge in [-0.1, -0.05) is 6.07 Å². The van der Waals surface area contributed by atoms with E-state index in [0.29, 0.717) is 22.6 Å². The first-order chi connectivity index (χ1) is 13.8. The number of carbonyl (C=O) groups excluding carboxylic acids is 2. The number of pyridine rings is 1. The van der Waals surface area contributed by atoms with Crippen molar-refractivity contribution in [2.45, 2.75) is 40.8 Å². The van der Waals surface area contributed by atoms with E-state index >= 15 is 0 Å². The van der Waals surface area contributed by atoms with Crippen LogP contribution in [0, 0.1) is 20.8 Å². The summed E-state index contributed by atoms with van der Waals surface area (Å²) in [5, 5.41) is 0. The molecule has 0 fully saturated rings. The van der Waals surface area contributed by atoms with E-state index < -0.39 is 11.9 Å². The van der Waals surface area contributed by atoms with Crippen LogP contribution in [0.15, 0.2) is 35.3 Å². The Morgan fingerprint density at radius 3 is 2.59 bits per heavy atom. The van der Waals surface area contributed by atoms with Crippen LogP contribution in [-0.2, 0) is 27.4 Å². The molecule has 3 aromatic heterocycles. The Kier molecular flexibility index (Phi) is 5.81. The van der Waals surface area contributed by atoms with E-state index in [1.807, 2.05) is 13.0 Å². The van der Waals surface area contributed by atoms with Crippen LogP contribution in [0.4, 0.5) is 0 Å². The Morgan fingerprint density at radius 1 is 1.10 bits per heavy atom. The van der Waals surface area contributed by atoms with Gasteiger partial charge in [-0.25, -0.2) is 9.78 Å². The molecule has 0 bridgehead atoms. The molecule has 0 amide bonds. The number of aryl methyl sites for hydroxylation is 2. The van der Waals surface area contributed by atoms with Crippen molar-refractivity contribution in [3.05, 3.63) is 69.0 Å². The molecule has 8 heteroatoms. The highest BCUT2D eigenvalue weighted by molar-refractivity contribution is 5.91. The second kappa shape index (κ2) is 8.30. The van der Waals surface area contributed by atoms with Crippen molar-refractivity contribution in [1.29, 1.82) is 0 Å². The van der Waals surface area contributed by atoms with Gasteiger partial charge in [-0.2, -0.15) is 0 Å². The van der Waals surface area contributed by atoms with E-state index in [2.05, 4.69) is 4.98 Å². The monoisotopic (exact) mass is 397 g/mol. The van der Waals surface area contributed by atoms with Crippen molar-refractivity contribution < 1.29 is 19.1 Å². The van der Waals surface area contributed by atoms with Gasteiger partial charge in [0.15, 0.2) is 0 Å². The normalized spacial score (nSPS) is 10.9.